The predicted molar refractivity (Wildman–Crippen MR) is 78.5 cm³/mol. The lowest BCUT2D eigenvalue weighted by Crippen LogP contribution is -2.54. The van der Waals surface area contributed by atoms with Crippen molar-refractivity contribution >= 4 is 16.1 Å². The van der Waals surface area contributed by atoms with Crippen LogP contribution in [0.5, 0.6) is 0 Å². The number of hydrogen-bond donors (Lipinski definition) is 1. The van der Waals surface area contributed by atoms with Gasteiger partial charge in [0.1, 0.15) is 0 Å². The molecule has 1 N–H and O–H groups in total. The van der Waals surface area contributed by atoms with Crippen LogP contribution in [0.4, 0.5) is 0 Å². The molecule has 20 heavy (non-hydrogen) atoms. The molecule has 1 saturated heterocycles. The van der Waals surface area contributed by atoms with Crippen LogP contribution >= 0.6 is 0 Å². The average Bonchev–Trinajstić information content (AvgIpc) is 2.44. The van der Waals surface area contributed by atoms with Gasteiger partial charge in [-0.1, -0.05) is 6.92 Å². The van der Waals surface area contributed by atoms with E-state index in [1.54, 1.807) is 4.90 Å². The zero-order valence-electron chi connectivity index (χ0n) is 12.8. The molecular weight excluding hydrogens is 280 g/mol. The van der Waals surface area contributed by atoms with Gasteiger partial charge in [-0.2, -0.15) is 17.0 Å². The summed E-state index contributed by atoms with van der Waals surface area (Å²) in [5.74, 6) is 0.0344. The van der Waals surface area contributed by atoms with Crippen molar-refractivity contribution in [2.24, 2.45) is 0 Å². The van der Waals surface area contributed by atoms with Gasteiger partial charge in [-0.05, 0) is 13.3 Å². The molecule has 0 radical (unpaired) electrons. The van der Waals surface area contributed by atoms with Crippen LogP contribution in [0.15, 0.2) is 0 Å². The molecule has 1 heterocycles. The first-order valence-electron chi connectivity index (χ1n) is 6.97. The number of nitrogens with zero attached hydrogens (tertiary/aromatic N) is 3. The second-order valence-corrected chi connectivity index (χ2v) is 7.40. The SMILES string of the molecule is CCC(C)NCC(=O)N1CCN(S(=O)(=O)N(C)C)CC1. The highest BCUT2D eigenvalue weighted by atomic mass is 32.2. The fourth-order valence-corrected chi connectivity index (χ4v) is 3.00. The Morgan fingerprint density at radius 1 is 1.25 bits per heavy atom. The number of amides is 1. The maximum atomic E-state index is 12.0. The van der Waals surface area contributed by atoms with Crippen LogP contribution in [0.2, 0.25) is 0 Å². The molecular formula is C12H26N4O3S. The van der Waals surface area contributed by atoms with Crippen molar-refractivity contribution in [2.45, 2.75) is 26.3 Å². The van der Waals surface area contributed by atoms with Gasteiger partial charge in [-0.25, -0.2) is 0 Å². The third-order valence-electron chi connectivity index (χ3n) is 3.59. The normalized spacial score (nSPS) is 19.4. The zero-order chi connectivity index (χ0) is 15.3. The van der Waals surface area contributed by atoms with Gasteiger partial charge < -0.3 is 10.2 Å². The summed E-state index contributed by atoms with van der Waals surface area (Å²) < 4.78 is 26.5. The van der Waals surface area contributed by atoms with E-state index >= 15 is 0 Å². The van der Waals surface area contributed by atoms with Crippen LogP contribution in [0.25, 0.3) is 0 Å². The highest BCUT2D eigenvalue weighted by molar-refractivity contribution is 7.86. The van der Waals surface area contributed by atoms with Gasteiger partial charge in [-0.3, -0.25) is 4.79 Å². The first-order valence-corrected chi connectivity index (χ1v) is 8.37. The van der Waals surface area contributed by atoms with Gasteiger partial charge in [0.05, 0.1) is 6.54 Å². The fourth-order valence-electron chi connectivity index (χ4n) is 1.92. The summed E-state index contributed by atoms with van der Waals surface area (Å²) in [4.78, 5) is 13.7. The Hall–Kier alpha value is -0.700. The van der Waals surface area contributed by atoms with E-state index in [1.807, 2.05) is 6.92 Å². The van der Waals surface area contributed by atoms with Gasteiger partial charge >= 0.3 is 0 Å². The largest absolute Gasteiger partial charge is 0.339 e. The lowest BCUT2D eigenvalue weighted by atomic mass is 10.2. The first kappa shape index (κ1) is 17.4. The molecule has 8 heteroatoms. The van der Waals surface area contributed by atoms with E-state index < -0.39 is 10.2 Å². The fraction of sp³-hybridized carbons (Fsp3) is 0.917. The van der Waals surface area contributed by atoms with Crippen LogP contribution in [0.1, 0.15) is 20.3 Å². The first-order chi connectivity index (χ1) is 9.28. The quantitative estimate of drug-likeness (QED) is 0.706. The molecule has 1 aliphatic rings. The van der Waals surface area contributed by atoms with Crippen LogP contribution < -0.4 is 5.32 Å². The number of hydrogen-bond acceptors (Lipinski definition) is 4. The average molecular weight is 306 g/mol. The van der Waals surface area contributed by atoms with Gasteiger partial charge in [0.15, 0.2) is 0 Å². The molecule has 1 atom stereocenters. The Morgan fingerprint density at radius 3 is 2.25 bits per heavy atom. The van der Waals surface area contributed by atoms with E-state index in [-0.39, 0.29) is 5.91 Å². The van der Waals surface area contributed by atoms with Crippen molar-refractivity contribution in [3.63, 3.8) is 0 Å². The summed E-state index contributed by atoms with van der Waals surface area (Å²) in [5, 5.41) is 3.16. The number of carbonyl (C=O) groups excluding carboxylic acids is 1. The molecule has 1 amide bonds. The maximum absolute atomic E-state index is 12.0. The molecule has 118 valence electrons. The number of carbonyl (C=O) groups is 1. The zero-order valence-corrected chi connectivity index (χ0v) is 13.6. The minimum absolute atomic E-state index is 0.0344. The molecule has 1 aliphatic heterocycles. The summed E-state index contributed by atoms with van der Waals surface area (Å²) in [5.41, 5.74) is 0. The molecule has 0 aromatic carbocycles. The van der Waals surface area contributed by atoms with Crippen LogP contribution in [0.3, 0.4) is 0 Å². The molecule has 7 nitrogen and oxygen atoms in total. The summed E-state index contributed by atoms with van der Waals surface area (Å²) in [6.07, 6.45) is 0.974. The summed E-state index contributed by atoms with van der Waals surface area (Å²) in [6, 6.07) is 0.314. The molecule has 0 saturated carbocycles. The van der Waals surface area contributed by atoms with E-state index in [0.29, 0.717) is 38.8 Å². The highest BCUT2D eigenvalue weighted by Crippen LogP contribution is 2.09. The summed E-state index contributed by atoms with van der Waals surface area (Å²) in [7, 11) is -0.332. The molecule has 1 unspecified atom stereocenters. The van der Waals surface area contributed by atoms with Gasteiger partial charge in [-0.15, -0.1) is 0 Å². The summed E-state index contributed by atoms with van der Waals surface area (Å²) >= 11 is 0. The van der Waals surface area contributed by atoms with E-state index in [2.05, 4.69) is 12.2 Å². The standard InChI is InChI=1S/C12H26N4O3S/c1-5-11(2)13-10-12(17)15-6-8-16(9-7-15)20(18,19)14(3)4/h11,13H,5-10H2,1-4H3. The second-order valence-electron chi connectivity index (χ2n) is 5.26. The van der Waals surface area contributed by atoms with E-state index in [1.165, 1.54) is 22.7 Å². The van der Waals surface area contributed by atoms with Crippen LogP contribution in [0, 0.1) is 0 Å². The van der Waals surface area contributed by atoms with Crippen LogP contribution in [-0.2, 0) is 15.0 Å². The van der Waals surface area contributed by atoms with Gasteiger partial charge in [0, 0.05) is 46.3 Å². The Bertz CT molecular complexity index is 416. The maximum Gasteiger partial charge on any atom is 0.281 e. The number of nitrogens with one attached hydrogen (secondary N) is 1. The van der Waals surface area contributed by atoms with E-state index in [0.717, 1.165) is 6.42 Å². The Kier molecular flexibility index (Phi) is 6.38. The van der Waals surface area contributed by atoms with Crippen molar-refractivity contribution in [1.29, 1.82) is 0 Å². The molecule has 0 bridgehead atoms. The molecule has 1 fully saturated rings. The molecule has 0 aliphatic carbocycles. The minimum Gasteiger partial charge on any atom is -0.339 e. The topological polar surface area (TPSA) is 73.0 Å². The Morgan fingerprint density at radius 2 is 1.80 bits per heavy atom. The smallest absolute Gasteiger partial charge is 0.281 e. The summed E-state index contributed by atoms with van der Waals surface area (Å²) in [6.45, 7) is 6.03. The predicted octanol–water partition coefficient (Wildman–Crippen LogP) is -0.675. The number of rotatable bonds is 6. The van der Waals surface area contributed by atoms with Crippen LogP contribution in [-0.4, -0.2) is 80.7 Å². The molecule has 0 aromatic heterocycles. The molecule has 0 spiro atoms. The van der Waals surface area contributed by atoms with E-state index in [9.17, 15) is 13.2 Å². The van der Waals surface area contributed by atoms with Crippen molar-refractivity contribution < 1.29 is 13.2 Å². The van der Waals surface area contributed by atoms with Crippen molar-refractivity contribution in [3.8, 4) is 0 Å². The number of piperazine rings is 1. The minimum atomic E-state index is -3.37. The van der Waals surface area contributed by atoms with Crippen molar-refractivity contribution in [3.05, 3.63) is 0 Å². The third-order valence-corrected chi connectivity index (χ3v) is 5.53. The monoisotopic (exact) mass is 306 g/mol. The second kappa shape index (κ2) is 7.35. The van der Waals surface area contributed by atoms with Crippen molar-refractivity contribution in [2.75, 3.05) is 46.8 Å². The highest BCUT2D eigenvalue weighted by Gasteiger charge is 2.29. The van der Waals surface area contributed by atoms with Gasteiger partial charge in [0.2, 0.25) is 5.91 Å². The lowest BCUT2D eigenvalue weighted by Gasteiger charge is -2.35. The lowest BCUT2D eigenvalue weighted by molar-refractivity contribution is -0.131. The van der Waals surface area contributed by atoms with E-state index in [4.69, 9.17) is 0 Å². The Balaban J connectivity index is 2.44. The molecule has 1 rings (SSSR count). The third kappa shape index (κ3) is 4.41. The van der Waals surface area contributed by atoms with Crippen molar-refractivity contribution in [1.82, 2.24) is 18.8 Å². The van der Waals surface area contributed by atoms with Gasteiger partial charge in [0.25, 0.3) is 10.2 Å². The Labute approximate surface area is 122 Å². The molecule has 0 aromatic rings.